The number of imidazole rings is 1. The van der Waals surface area contributed by atoms with Crippen molar-refractivity contribution in [2.45, 2.75) is 18.6 Å². The lowest BCUT2D eigenvalue weighted by atomic mass is 9.96. The summed E-state index contributed by atoms with van der Waals surface area (Å²) >= 11 is 0. The summed E-state index contributed by atoms with van der Waals surface area (Å²) in [5.41, 5.74) is 6.67. The molecule has 1 aliphatic rings. The molecular weight excluding hydrogens is 497 g/mol. The lowest BCUT2D eigenvalue weighted by Crippen LogP contribution is -2.40. The maximum atomic E-state index is 14.1. The fourth-order valence-electron chi connectivity index (χ4n) is 4.61. The first-order valence-electron chi connectivity index (χ1n) is 11.5. The Hall–Kier alpha value is -4.97. The number of nitrogens with zero attached hydrogens (tertiary/aromatic N) is 2. The summed E-state index contributed by atoms with van der Waals surface area (Å²) in [5, 5.41) is 48.9. The molecule has 1 aromatic heterocycles. The lowest BCUT2D eigenvalue weighted by Gasteiger charge is -2.22. The summed E-state index contributed by atoms with van der Waals surface area (Å²) in [7, 11) is 0. The first-order chi connectivity index (χ1) is 18.0. The van der Waals surface area contributed by atoms with Crippen molar-refractivity contribution in [2.75, 3.05) is 6.54 Å². The number of nitrogens with two attached hydrogens (primary N) is 1. The number of hydrogen-bond acceptors (Lipinski definition) is 7. The number of aromatic amines is 1. The van der Waals surface area contributed by atoms with Crippen LogP contribution in [0.5, 0.6) is 11.5 Å². The zero-order chi connectivity index (χ0) is 27.3. The largest absolute Gasteiger partial charge is 0.507 e. The minimum Gasteiger partial charge on any atom is -0.507 e. The number of nitrogen functional groups attached to an aromatic ring is 1. The number of aliphatic carboxylic acids is 1. The van der Waals surface area contributed by atoms with Crippen molar-refractivity contribution in [1.82, 2.24) is 14.9 Å². The molecule has 11 nitrogen and oxygen atoms in total. The Bertz CT molecular complexity index is 1630. The van der Waals surface area contributed by atoms with Crippen LogP contribution in [0.15, 0.2) is 48.5 Å². The van der Waals surface area contributed by atoms with Gasteiger partial charge in [0.2, 0.25) is 0 Å². The van der Waals surface area contributed by atoms with Gasteiger partial charge in [0.15, 0.2) is 0 Å². The van der Waals surface area contributed by atoms with Crippen molar-refractivity contribution in [3.63, 3.8) is 0 Å². The van der Waals surface area contributed by atoms with E-state index in [0.717, 1.165) is 23.1 Å². The Morgan fingerprint density at radius 1 is 1.05 bits per heavy atom. The number of rotatable bonds is 5. The van der Waals surface area contributed by atoms with Crippen LogP contribution in [0.2, 0.25) is 0 Å². The number of aromatic nitrogens is 2. The number of hydrogen-bond donors (Lipinski definition) is 7. The summed E-state index contributed by atoms with van der Waals surface area (Å²) in [6.45, 7) is -0.217. The number of aliphatic hydroxyl groups is 1. The van der Waals surface area contributed by atoms with Crippen LogP contribution in [0.3, 0.4) is 0 Å². The molecule has 12 heteroatoms. The van der Waals surface area contributed by atoms with Crippen molar-refractivity contribution >= 4 is 28.7 Å². The number of β-amino-alcohol motifs (C(OH)–C–C–N with tert-alkyl or cyclic N) is 1. The van der Waals surface area contributed by atoms with Crippen molar-refractivity contribution in [3.8, 4) is 34.0 Å². The van der Waals surface area contributed by atoms with Gasteiger partial charge in [0.05, 0.1) is 22.7 Å². The molecule has 8 N–H and O–H groups in total. The second-order valence-electron chi connectivity index (χ2n) is 9.01. The highest BCUT2D eigenvalue weighted by atomic mass is 19.1. The van der Waals surface area contributed by atoms with Crippen molar-refractivity contribution in [3.05, 3.63) is 65.5 Å². The summed E-state index contributed by atoms with van der Waals surface area (Å²) in [6.07, 6.45) is -1.18. The molecule has 194 valence electrons. The quantitative estimate of drug-likeness (QED) is 0.154. The van der Waals surface area contributed by atoms with Crippen LogP contribution >= 0.6 is 0 Å². The van der Waals surface area contributed by atoms with E-state index in [-0.39, 0.29) is 52.6 Å². The first-order valence-corrected chi connectivity index (χ1v) is 11.5. The highest BCUT2D eigenvalue weighted by Crippen LogP contribution is 2.42. The predicted molar refractivity (Wildman–Crippen MR) is 134 cm³/mol. The van der Waals surface area contributed by atoms with Gasteiger partial charge in [-0.15, -0.1) is 0 Å². The summed E-state index contributed by atoms with van der Waals surface area (Å²) in [4.78, 5) is 33.7. The number of likely N-dealkylation sites (tertiary alicyclic amines) is 1. The molecular formula is C26H22FN5O6. The molecule has 2 heterocycles. The van der Waals surface area contributed by atoms with Gasteiger partial charge >= 0.3 is 5.97 Å². The van der Waals surface area contributed by atoms with Crippen molar-refractivity contribution in [2.24, 2.45) is 5.73 Å². The number of carbonyl (C=O) groups excluding carboxylic acids is 1. The van der Waals surface area contributed by atoms with Gasteiger partial charge in [-0.25, -0.2) is 14.2 Å². The number of amides is 1. The number of aliphatic hydroxyl groups excluding tert-OH is 1. The SMILES string of the molecule is N=C(N)c1ccc2nc(-c3cc(C(=O)N4CC(O)CC4C(=O)O)cc(-c4cc(F)ccc4O)c3O)[nH]c2c1. The zero-order valence-corrected chi connectivity index (χ0v) is 19.6. The molecule has 3 aromatic carbocycles. The Morgan fingerprint density at radius 2 is 1.79 bits per heavy atom. The fraction of sp³-hybridized carbons (Fsp3) is 0.154. The van der Waals surface area contributed by atoms with Crippen LogP contribution in [0.1, 0.15) is 22.3 Å². The number of aromatic hydroxyl groups is 2. The molecule has 0 bridgehead atoms. The van der Waals surface area contributed by atoms with Gasteiger partial charge < -0.3 is 36.0 Å². The molecule has 4 aromatic rings. The zero-order valence-electron chi connectivity index (χ0n) is 19.6. The summed E-state index contributed by atoms with van der Waals surface area (Å²) < 4.78 is 14.1. The molecule has 0 saturated carbocycles. The molecule has 1 aliphatic heterocycles. The fourth-order valence-corrected chi connectivity index (χ4v) is 4.61. The van der Waals surface area contributed by atoms with Gasteiger partial charge in [0, 0.05) is 35.2 Å². The van der Waals surface area contributed by atoms with Gasteiger partial charge in [-0.2, -0.15) is 0 Å². The maximum Gasteiger partial charge on any atom is 0.326 e. The number of carboxylic acid groups (broad SMARTS) is 1. The molecule has 2 unspecified atom stereocenters. The number of nitrogens with one attached hydrogen (secondary N) is 2. The number of H-pyrrole nitrogens is 1. The van der Waals surface area contributed by atoms with Crippen LogP contribution in [-0.4, -0.2) is 71.7 Å². The summed E-state index contributed by atoms with van der Waals surface area (Å²) in [5.74, 6) is -3.58. The minimum absolute atomic E-state index is 0.0155. The molecule has 0 radical (unpaired) electrons. The third-order valence-corrected chi connectivity index (χ3v) is 6.48. The second kappa shape index (κ2) is 9.16. The lowest BCUT2D eigenvalue weighted by molar-refractivity contribution is -0.141. The van der Waals surface area contributed by atoms with E-state index in [1.165, 1.54) is 12.1 Å². The highest BCUT2D eigenvalue weighted by molar-refractivity contribution is 6.02. The highest BCUT2D eigenvalue weighted by Gasteiger charge is 2.39. The Labute approximate surface area is 214 Å². The van der Waals surface area contributed by atoms with Crippen LogP contribution < -0.4 is 5.73 Å². The Balaban J connectivity index is 1.71. The normalized spacial score (nSPS) is 17.2. The van der Waals surface area contributed by atoms with E-state index in [4.69, 9.17) is 11.1 Å². The van der Waals surface area contributed by atoms with Crippen LogP contribution in [-0.2, 0) is 4.79 Å². The molecule has 1 amide bonds. The van der Waals surface area contributed by atoms with E-state index in [0.29, 0.717) is 16.6 Å². The van der Waals surface area contributed by atoms with Crippen LogP contribution in [0.25, 0.3) is 33.5 Å². The number of amidine groups is 1. The van der Waals surface area contributed by atoms with E-state index in [9.17, 15) is 34.4 Å². The number of fused-ring (bicyclic) bond motifs is 1. The molecule has 1 saturated heterocycles. The average molecular weight is 519 g/mol. The number of halogens is 1. The second-order valence-corrected chi connectivity index (χ2v) is 9.01. The number of phenolic OH excluding ortho intramolecular Hbond substituents is 2. The Morgan fingerprint density at radius 3 is 2.50 bits per heavy atom. The number of benzene rings is 3. The minimum atomic E-state index is -1.28. The van der Waals surface area contributed by atoms with E-state index >= 15 is 0 Å². The van der Waals surface area contributed by atoms with Gasteiger partial charge in [-0.1, -0.05) is 0 Å². The Kier molecular flexibility index (Phi) is 5.96. The first kappa shape index (κ1) is 24.7. The van der Waals surface area contributed by atoms with Crippen molar-refractivity contribution in [1.29, 1.82) is 5.41 Å². The van der Waals surface area contributed by atoms with E-state index < -0.39 is 35.6 Å². The smallest absolute Gasteiger partial charge is 0.326 e. The van der Waals surface area contributed by atoms with E-state index in [2.05, 4.69) is 9.97 Å². The van der Waals surface area contributed by atoms with Gasteiger partial charge in [-0.05, 0) is 48.5 Å². The summed E-state index contributed by atoms with van der Waals surface area (Å²) in [6, 6.07) is 9.15. The standard InChI is InChI=1S/C26H22FN5O6/c27-13-2-4-21(34)15(8-13)16-5-12(25(36)32-10-14(33)9-20(32)26(37)38)6-17(22(16)35)24-30-18-3-1-11(23(28)29)7-19(18)31-24/h1-8,14,20,33-35H,9-10H2,(H3,28,29)(H,30,31)(H,37,38). The molecule has 5 rings (SSSR count). The van der Waals surface area contributed by atoms with Gasteiger partial charge in [0.1, 0.15) is 35.0 Å². The molecule has 2 atom stereocenters. The number of carboxylic acids is 1. The average Bonchev–Trinajstić information content (AvgIpc) is 3.48. The topological polar surface area (TPSA) is 197 Å². The molecule has 0 aliphatic carbocycles. The maximum absolute atomic E-state index is 14.1. The van der Waals surface area contributed by atoms with Crippen molar-refractivity contribution < 1.29 is 34.4 Å². The van der Waals surface area contributed by atoms with Gasteiger partial charge in [-0.3, -0.25) is 10.2 Å². The monoisotopic (exact) mass is 519 g/mol. The van der Waals surface area contributed by atoms with E-state index in [1.807, 2.05) is 0 Å². The third kappa shape index (κ3) is 4.26. The predicted octanol–water partition coefficient (Wildman–Crippen LogP) is 2.39. The third-order valence-electron chi connectivity index (χ3n) is 6.48. The van der Waals surface area contributed by atoms with Crippen LogP contribution in [0.4, 0.5) is 4.39 Å². The van der Waals surface area contributed by atoms with Crippen LogP contribution in [0, 0.1) is 11.2 Å². The van der Waals surface area contributed by atoms with E-state index in [1.54, 1.807) is 18.2 Å². The molecule has 0 spiro atoms. The molecule has 1 fully saturated rings. The number of carbonyl (C=O) groups is 2. The number of phenols is 2. The van der Waals surface area contributed by atoms with Gasteiger partial charge in [0.25, 0.3) is 5.91 Å². The molecule has 38 heavy (non-hydrogen) atoms.